The van der Waals surface area contributed by atoms with E-state index in [2.05, 4.69) is 55.6 Å². The van der Waals surface area contributed by atoms with Gasteiger partial charge in [0.05, 0.1) is 25.4 Å². The van der Waals surface area contributed by atoms with Gasteiger partial charge < -0.3 is 21.1 Å². The van der Waals surface area contributed by atoms with Gasteiger partial charge in [-0.2, -0.15) is 0 Å². The van der Waals surface area contributed by atoms with Crippen molar-refractivity contribution in [3.8, 4) is 0 Å². The number of hydrogen-bond acceptors (Lipinski definition) is 6. The van der Waals surface area contributed by atoms with Gasteiger partial charge in [0.2, 0.25) is 5.91 Å². The summed E-state index contributed by atoms with van der Waals surface area (Å²) in [5, 5.41) is 13.7. The molecule has 8 nitrogen and oxygen atoms in total. The molecular formula is C39H75N2O6P. The van der Waals surface area contributed by atoms with E-state index in [9.17, 15) is 19.4 Å². The van der Waals surface area contributed by atoms with E-state index in [-0.39, 0.29) is 25.7 Å². The topological polar surface area (TPSA) is 131 Å². The predicted molar refractivity (Wildman–Crippen MR) is 203 cm³/mol. The molecule has 3 unspecified atom stereocenters. The molecule has 5 N–H and O–H groups in total. The van der Waals surface area contributed by atoms with E-state index >= 15 is 0 Å². The molecule has 0 bridgehead atoms. The lowest BCUT2D eigenvalue weighted by atomic mass is 10.0. The van der Waals surface area contributed by atoms with Gasteiger partial charge in [-0.25, -0.2) is 4.57 Å². The highest BCUT2D eigenvalue weighted by molar-refractivity contribution is 7.47. The van der Waals surface area contributed by atoms with Crippen LogP contribution in [-0.4, -0.2) is 47.8 Å². The minimum Gasteiger partial charge on any atom is -0.391 e. The molecule has 0 spiro atoms. The lowest BCUT2D eigenvalue weighted by Gasteiger charge is -2.25. The molecule has 0 aliphatic heterocycles. The van der Waals surface area contributed by atoms with Gasteiger partial charge in [-0.1, -0.05) is 159 Å². The summed E-state index contributed by atoms with van der Waals surface area (Å²) in [6, 6.07) is -0.788. The van der Waals surface area contributed by atoms with E-state index < -0.39 is 20.0 Å². The van der Waals surface area contributed by atoms with E-state index in [1.165, 1.54) is 83.5 Å². The first-order chi connectivity index (χ1) is 23.4. The first-order valence-corrected chi connectivity index (χ1v) is 21.1. The maximum absolute atomic E-state index is 12.7. The van der Waals surface area contributed by atoms with Crippen LogP contribution < -0.4 is 11.1 Å². The number of nitrogens with one attached hydrogen (secondary N) is 1. The summed E-state index contributed by atoms with van der Waals surface area (Å²) >= 11 is 0. The van der Waals surface area contributed by atoms with Gasteiger partial charge in [-0.3, -0.25) is 13.8 Å². The Kier molecular flexibility index (Phi) is 34.6. The molecule has 0 fully saturated rings. The summed E-state index contributed by atoms with van der Waals surface area (Å²) in [6.45, 7) is 4.06. The van der Waals surface area contributed by atoms with Crippen molar-refractivity contribution >= 4 is 13.7 Å². The van der Waals surface area contributed by atoms with Crippen molar-refractivity contribution in [1.29, 1.82) is 0 Å². The number of nitrogens with two attached hydrogens (primary N) is 1. The Labute approximate surface area is 295 Å². The number of amides is 1. The number of phosphoric ester groups is 1. The van der Waals surface area contributed by atoms with Gasteiger partial charge in [0.1, 0.15) is 0 Å². The van der Waals surface area contributed by atoms with E-state index in [4.69, 9.17) is 14.8 Å². The van der Waals surface area contributed by atoms with Gasteiger partial charge in [-0.15, -0.1) is 0 Å². The number of rotatable bonds is 36. The minimum atomic E-state index is -4.32. The number of allylic oxidation sites excluding steroid dienone is 6. The van der Waals surface area contributed by atoms with Crippen molar-refractivity contribution in [3.63, 3.8) is 0 Å². The number of aliphatic hydroxyl groups is 1. The molecule has 0 rings (SSSR count). The molecule has 0 saturated carbocycles. The zero-order valence-electron chi connectivity index (χ0n) is 31.0. The summed E-state index contributed by atoms with van der Waals surface area (Å²) in [7, 11) is -4.32. The minimum absolute atomic E-state index is 0.0831. The summed E-state index contributed by atoms with van der Waals surface area (Å²) in [5.41, 5.74) is 5.36. The number of aliphatic hydroxyl groups excluding tert-OH is 1. The van der Waals surface area contributed by atoms with Crippen LogP contribution in [0.2, 0.25) is 0 Å². The molecule has 48 heavy (non-hydrogen) atoms. The lowest BCUT2D eigenvalue weighted by molar-refractivity contribution is -0.123. The summed E-state index contributed by atoms with van der Waals surface area (Å²) in [6.07, 6.45) is 40.1. The summed E-state index contributed by atoms with van der Waals surface area (Å²) in [4.78, 5) is 22.6. The average molecular weight is 699 g/mol. The van der Waals surface area contributed by atoms with Gasteiger partial charge in [-0.05, 0) is 44.9 Å². The van der Waals surface area contributed by atoms with Crippen molar-refractivity contribution in [2.75, 3.05) is 19.8 Å². The van der Waals surface area contributed by atoms with Crippen molar-refractivity contribution in [2.24, 2.45) is 5.73 Å². The predicted octanol–water partition coefficient (Wildman–Crippen LogP) is 10.4. The van der Waals surface area contributed by atoms with Crippen LogP contribution in [0.1, 0.15) is 174 Å². The molecule has 0 radical (unpaired) electrons. The molecule has 0 aromatic heterocycles. The number of carbonyl (C=O) groups excluding carboxylic acids is 1. The Morgan fingerprint density at radius 2 is 1.21 bits per heavy atom. The second kappa shape index (κ2) is 35.5. The maximum Gasteiger partial charge on any atom is 0.472 e. The fraction of sp³-hybridized carbons (Fsp3) is 0.821. The normalized spacial score (nSPS) is 14.7. The van der Waals surface area contributed by atoms with Gasteiger partial charge >= 0.3 is 7.82 Å². The molecule has 0 aromatic carbocycles. The summed E-state index contributed by atoms with van der Waals surface area (Å²) in [5.74, 6) is -0.192. The largest absolute Gasteiger partial charge is 0.472 e. The molecule has 0 heterocycles. The van der Waals surface area contributed by atoms with Crippen LogP contribution in [0.4, 0.5) is 0 Å². The second-order valence-electron chi connectivity index (χ2n) is 13.1. The van der Waals surface area contributed by atoms with E-state index in [1.54, 1.807) is 0 Å². The highest BCUT2D eigenvalue weighted by Crippen LogP contribution is 2.43. The number of unbranched alkanes of at least 4 members (excludes halogenated alkanes) is 18. The number of carbonyl (C=O) groups is 1. The summed E-state index contributed by atoms with van der Waals surface area (Å²) < 4.78 is 22.1. The fourth-order valence-corrected chi connectivity index (χ4v) is 6.32. The fourth-order valence-electron chi connectivity index (χ4n) is 5.56. The monoisotopic (exact) mass is 699 g/mol. The van der Waals surface area contributed by atoms with E-state index in [1.807, 2.05) is 0 Å². The standard InChI is InChI=1S/C39H75N2O6P/c1-3-5-7-9-11-13-15-17-18-19-21-22-24-26-28-30-32-38(42)37(36-47-48(44,45)46-35-34-40)41-39(43)33-31-29-27-25-23-20-16-14-12-10-8-6-4-2/h6,8,12,14,20,23,37-38,42H,3-5,7,9-11,13,15-19,21-22,24-36,40H2,1-2H3,(H,41,43)(H,44,45)/b8-6-,14-12-,23-20-. The van der Waals surface area contributed by atoms with Gasteiger partial charge in [0.15, 0.2) is 0 Å². The zero-order chi connectivity index (χ0) is 35.4. The first kappa shape index (κ1) is 46.7. The Morgan fingerprint density at radius 1 is 0.708 bits per heavy atom. The number of hydrogen-bond donors (Lipinski definition) is 4. The van der Waals surface area contributed by atoms with Gasteiger partial charge in [0.25, 0.3) is 0 Å². The van der Waals surface area contributed by atoms with Crippen molar-refractivity contribution in [1.82, 2.24) is 5.32 Å². The van der Waals surface area contributed by atoms with E-state index in [0.29, 0.717) is 12.8 Å². The molecule has 0 aliphatic carbocycles. The third kappa shape index (κ3) is 33.2. The van der Waals surface area contributed by atoms with Crippen LogP contribution in [0, 0.1) is 0 Å². The maximum atomic E-state index is 12.7. The molecule has 0 saturated heterocycles. The number of phosphoric acid groups is 1. The third-order valence-electron chi connectivity index (χ3n) is 8.51. The van der Waals surface area contributed by atoms with Crippen molar-refractivity contribution < 1.29 is 28.4 Å². The van der Waals surface area contributed by atoms with Crippen molar-refractivity contribution in [2.45, 2.75) is 187 Å². The molecule has 0 aromatic rings. The molecule has 282 valence electrons. The van der Waals surface area contributed by atoms with Gasteiger partial charge in [0, 0.05) is 13.0 Å². The first-order valence-electron chi connectivity index (χ1n) is 19.6. The highest BCUT2D eigenvalue weighted by atomic mass is 31.2. The van der Waals surface area contributed by atoms with Crippen LogP contribution in [0.3, 0.4) is 0 Å². The molecular weight excluding hydrogens is 623 g/mol. The highest BCUT2D eigenvalue weighted by Gasteiger charge is 2.27. The Morgan fingerprint density at radius 3 is 1.75 bits per heavy atom. The average Bonchev–Trinajstić information content (AvgIpc) is 3.07. The molecule has 9 heteroatoms. The van der Waals surface area contributed by atoms with Crippen molar-refractivity contribution in [3.05, 3.63) is 36.5 Å². The Hall–Kier alpha value is -1.28. The van der Waals surface area contributed by atoms with Crippen LogP contribution in [0.5, 0.6) is 0 Å². The molecule has 1 amide bonds. The quantitative estimate of drug-likeness (QED) is 0.0291. The Balaban J connectivity index is 4.26. The van der Waals surface area contributed by atoms with Crippen LogP contribution in [0.15, 0.2) is 36.5 Å². The SMILES string of the molecule is CC/C=C\C/C=C\C/C=C\CCCCCC(=O)NC(COP(=O)(O)OCCN)C(O)CCCCCCCCCCCCCCCCCC. The second-order valence-corrected chi connectivity index (χ2v) is 14.6. The smallest absolute Gasteiger partial charge is 0.391 e. The molecule has 0 aliphatic rings. The van der Waals surface area contributed by atoms with Crippen LogP contribution >= 0.6 is 7.82 Å². The lowest BCUT2D eigenvalue weighted by Crippen LogP contribution is -2.46. The van der Waals surface area contributed by atoms with E-state index in [0.717, 1.165) is 64.2 Å². The third-order valence-corrected chi connectivity index (χ3v) is 9.49. The van der Waals surface area contributed by atoms with Crippen LogP contribution in [-0.2, 0) is 18.4 Å². The van der Waals surface area contributed by atoms with Crippen LogP contribution in [0.25, 0.3) is 0 Å². The Bertz CT molecular complexity index is 850. The molecule has 3 atom stereocenters. The zero-order valence-corrected chi connectivity index (χ0v) is 31.9.